The van der Waals surface area contributed by atoms with Gasteiger partial charge in [-0.15, -0.1) is 12.4 Å². The molecule has 0 aliphatic carbocycles. The van der Waals surface area contributed by atoms with Gasteiger partial charge in [0.15, 0.2) is 17.5 Å². The van der Waals surface area contributed by atoms with Gasteiger partial charge in [0.1, 0.15) is 0 Å². The van der Waals surface area contributed by atoms with Crippen LogP contribution in [0.25, 0.3) is 0 Å². The van der Waals surface area contributed by atoms with Crippen LogP contribution in [0, 0.1) is 17.5 Å². The number of rotatable bonds is 1. The molecule has 0 heterocycles. The second-order valence-corrected chi connectivity index (χ2v) is 2.59. The molecule has 0 aliphatic rings. The lowest BCUT2D eigenvalue weighted by atomic mass is 10.1. The normalized spacial score (nSPS) is 12.1. The highest BCUT2D eigenvalue weighted by Crippen LogP contribution is 2.17. The van der Waals surface area contributed by atoms with E-state index in [0.717, 1.165) is 12.1 Å². The van der Waals surface area contributed by atoms with Gasteiger partial charge in [-0.2, -0.15) is 0 Å². The van der Waals surface area contributed by atoms with E-state index in [9.17, 15) is 13.2 Å². The minimum Gasteiger partial charge on any atom is -0.324 e. The molecule has 0 amide bonds. The van der Waals surface area contributed by atoms with Gasteiger partial charge in [0, 0.05) is 6.04 Å². The Labute approximate surface area is 80.2 Å². The summed E-state index contributed by atoms with van der Waals surface area (Å²) in [5.74, 6) is -3.87. The molecular formula is C8H9ClF3N. The van der Waals surface area contributed by atoms with E-state index in [1.54, 1.807) is 6.92 Å². The van der Waals surface area contributed by atoms with Crippen molar-refractivity contribution in [2.45, 2.75) is 13.0 Å². The number of hydrogen-bond donors (Lipinski definition) is 1. The van der Waals surface area contributed by atoms with E-state index in [1.807, 2.05) is 0 Å². The van der Waals surface area contributed by atoms with Crippen LogP contribution >= 0.6 is 12.4 Å². The van der Waals surface area contributed by atoms with Crippen LogP contribution in [-0.2, 0) is 0 Å². The molecule has 0 bridgehead atoms. The molecule has 1 rings (SSSR count). The third-order valence-corrected chi connectivity index (χ3v) is 1.53. The summed E-state index contributed by atoms with van der Waals surface area (Å²) in [5, 5.41) is 0. The number of halogens is 4. The molecule has 13 heavy (non-hydrogen) atoms. The lowest BCUT2D eigenvalue weighted by molar-refractivity contribution is 0.444. The zero-order valence-electron chi connectivity index (χ0n) is 6.85. The van der Waals surface area contributed by atoms with Gasteiger partial charge in [-0.3, -0.25) is 0 Å². The molecule has 0 radical (unpaired) electrons. The summed E-state index contributed by atoms with van der Waals surface area (Å²) in [7, 11) is 0. The van der Waals surface area contributed by atoms with E-state index in [4.69, 9.17) is 5.73 Å². The molecule has 1 aromatic rings. The predicted octanol–water partition coefficient (Wildman–Crippen LogP) is 2.55. The van der Waals surface area contributed by atoms with E-state index in [0.29, 0.717) is 0 Å². The van der Waals surface area contributed by atoms with Crippen LogP contribution < -0.4 is 5.73 Å². The molecule has 2 N–H and O–H groups in total. The van der Waals surface area contributed by atoms with Crippen molar-refractivity contribution in [2.24, 2.45) is 5.73 Å². The quantitative estimate of drug-likeness (QED) is 0.710. The van der Waals surface area contributed by atoms with Gasteiger partial charge >= 0.3 is 0 Å². The molecule has 0 saturated heterocycles. The molecule has 0 saturated carbocycles. The average Bonchev–Trinajstić information content (AvgIpc) is 1.99. The monoisotopic (exact) mass is 211 g/mol. The third kappa shape index (κ3) is 2.60. The molecule has 1 atom stereocenters. The molecule has 1 nitrogen and oxygen atoms in total. The van der Waals surface area contributed by atoms with Gasteiger partial charge in [0.05, 0.1) is 0 Å². The van der Waals surface area contributed by atoms with E-state index in [-0.39, 0.29) is 18.0 Å². The lowest BCUT2D eigenvalue weighted by Gasteiger charge is -2.05. The van der Waals surface area contributed by atoms with Crippen molar-refractivity contribution < 1.29 is 13.2 Å². The second-order valence-electron chi connectivity index (χ2n) is 2.59. The van der Waals surface area contributed by atoms with Crippen molar-refractivity contribution in [3.63, 3.8) is 0 Å². The maximum Gasteiger partial charge on any atom is 0.194 e. The zero-order chi connectivity index (χ0) is 9.30. The Balaban J connectivity index is 0.00000144. The van der Waals surface area contributed by atoms with Gasteiger partial charge < -0.3 is 5.73 Å². The first kappa shape index (κ1) is 12.3. The SMILES string of the molecule is C[C@H](N)c1cc(F)c(F)c(F)c1.Cl. The van der Waals surface area contributed by atoms with E-state index < -0.39 is 23.5 Å². The summed E-state index contributed by atoms with van der Waals surface area (Å²) < 4.78 is 37.4. The third-order valence-electron chi connectivity index (χ3n) is 1.53. The van der Waals surface area contributed by atoms with Crippen molar-refractivity contribution in [1.29, 1.82) is 0 Å². The van der Waals surface area contributed by atoms with Crippen LogP contribution in [0.15, 0.2) is 12.1 Å². The number of nitrogens with two attached hydrogens (primary N) is 1. The Morgan fingerprint density at radius 2 is 1.54 bits per heavy atom. The molecule has 74 valence electrons. The molecule has 0 spiro atoms. The molecule has 0 unspecified atom stereocenters. The standard InChI is InChI=1S/C8H8F3N.ClH/c1-4(12)5-2-6(9)8(11)7(10)3-5;/h2-4H,12H2,1H3;1H/t4-;/m0./s1. The fourth-order valence-corrected chi connectivity index (χ4v) is 0.838. The highest BCUT2D eigenvalue weighted by atomic mass is 35.5. The molecule has 0 aromatic heterocycles. The van der Waals surface area contributed by atoms with Gasteiger partial charge in [-0.25, -0.2) is 13.2 Å². The molecule has 5 heteroatoms. The summed E-state index contributed by atoms with van der Waals surface area (Å²) in [4.78, 5) is 0. The minimum absolute atomic E-state index is 0. The van der Waals surface area contributed by atoms with Crippen LogP contribution in [-0.4, -0.2) is 0 Å². The molecule has 0 aliphatic heterocycles. The molecule has 0 fully saturated rings. The first-order chi connectivity index (χ1) is 5.52. The maximum absolute atomic E-state index is 12.5. The van der Waals surface area contributed by atoms with E-state index >= 15 is 0 Å². The fraction of sp³-hybridized carbons (Fsp3) is 0.250. The number of hydrogen-bond acceptors (Lipinski definition) is 1. The first-order valence-electron chi connectivity index (χ1n) is 3.42. The summed E-state index contributed by atoms with van der Waals surface area (Å²) >= 11 is 0. The summed E-state index contributed by atoms with van der Waals surface area (Å²) in [6.45, 7) is 1.56. The minimum atomic E-state index is -1.46. The highest BCUT2D eigenvalue weighted by molar-refractivity contribution is 5.85. The number of benzene rings is 1. The maximum atomic E-state index is 12.5. The smallest absolute Gasteiger partial charge is 0.194 e. The molecule has 1 aromatic carbocycles. The van der Waals surface area contributed by atoms with Gasteiger partial charge in [-0.05, 0) is 24.6 Å². The van der Waals surface area contributed by atoms with Gasteiger partial charge in [0.25, 0.3) is 0 Å². The van der Waals surface area contributed by atoms with Crippen molar-refractivity contribution in [3.8, 4) is 0 Å². The van der Waals surface area contributed by atoms with Crippen LogP contribution in [0.2, 0.25) is 0 Å². The van der Waals surface area contributed by atoms with Crippen LogP contribution in [0.4, 0.5) is 13.2 Å². The second kappa shape index (κ2) is 4.48. The van der Waals surface area contributed by atoms with Crippen LogP contribution in [0.1, 0.15) is 18.5 Å². The Kier molecular flexibility index (Phi) is 4.23. The molecular weight excluding hydrogens is 203 g/mol. The van der Waals surface area contributed by atoms with Crippen LogP contribution in [0.3, 0.4) is 0 Å². The summed E-state index contributed by atoms with van der Waals surface area (Å²) in [6.07, 6.45) is 0. The lowest BCUT2D eigenvalue weighted by Crippen LogP contribution is -2.07. The van der Waals surface area contributed by atoms with Crippen molar-refractivity contribution in [1.82, 2.24) is 0 Å². The zero-order valence-corrected chi connectivity index (χ0v) is 7.67. The van der Waals surface area contributed by atoms with Gasteiger partial charge in [-0.1, -0.05) is 0 Å². The van der Waals surface area contributed by atoms with E-state index in [1.165, 1.54) is 0 Å². The fourth-order valence-electron chi connectivity index (χ4n) is 0.838. The predicted molar refractivity (Wildman–Crippen MR) is 46.2 cm³/mol. The first-order valence-corrected chi connectivity index (χ1v) is 3.42. The highest BCUT2D eigenvalue weighted by Gasteiger charge is 2.11. The summed E-state index contributed by atoms with van der Waals surface area (Å²) in [6, 6.07) is 1.28. The Morgan fingerprint density at radius 3 is 1.85 bits per heavy atom. The Bertz CT molecular complexity index is 278. The Morgan fingerprint density at radius 1 is 1.15 bits per heavy atom. The summed E-state index contributed by atoms with van der Waals surface area (Å²) in [5.41, 5.74) is 5.59. The Hall–Kier alpha value is -0.740. The largest absolute Gasteiger partial charge is 0.324 e. The topological polar surface area (TPSA) is 26.0 Å². The van der Waals surface area contributed by atoms with E-state index in [2.05, 4.69) is 0 Å². The van der Waals surface area contributed by atoms with Crippen molar-refractivity contribution >= 4 is 12.4 Å². The van der Waals surface area contributed by atoms with Crippen molar-refractivity contribution in [2.75, 3.05) is 0 Å². The average molecular weight is 212 g/mol. The van der Waals surface area contributed by atoms with Crippen LogP contribution in [0.5, 0.6) is 0 Å². The van der Waals surface area contributed by atoms with Crippen molar-refractivity contribution in [3.05, 3.63) is 35.1 Å². The van der Waals surface area contributed by atoms with Gasteiger partial charge in [0.2, 0.25) is 0 Å².